The first kappa shape index (κ1) is 33.4. The lowest BCUT2D eigenvalue weighted by Crippen LogP contribution is -2.54. The summed E-state index contributed by atoms with van der Waals surface area (Å²) in [6.07, 6.45) is -5.82. The van der Waals surface area contributed by atoms with E-state index in [-0.39, 0.29) is 29.4 Å². The van der Waals surface area contributed by atoms with Gasteiger partial charge in [-0.1, -0.05) is 12.0 Å². The van der Waals surface area contributed by atoms with E-state index in [4.69, 9.17) is 9.47 Å². The number of likely N-dealkylation sites (tertiary alicyclic amines) is 1. The molecule has 44 heavy (non-hydrogen) atoms. The molecule has 1 fully saturated rings. The molecule has 4 rings (SSSR count). The second-order valence-corrected chi connectivity index (χ2v) is 12.7. The molecular formula is C30H36F4N4O5S. The molecule has 4 atom stereocenters. The fraction of sp³-hybridized carbons (Fsp3) is 0.467. The van der Waals surface area contributed by atoms with Gasteiger partial charge in [-0.2, -0.15) is 13.2 Å². The van der Waals surface area contributed by atoms with Crippen molar-refractivity contribution in [2.24, 2.45) is 0 Å². The van der Waals surface area contributed by atoms with Gasteiger partial charge in [0.2, 0.25) is 0 Å². The minimum atomic E-state index is -4.52. The standard InChI is InChI=1S/C30H36F4N4O5S/c1-19(39)29(43-3)37-14-12-25(23(31)17-37)36-24-8-5-9-27-22(24)15-20(38(27)18-30(32,33)34)7-6-13-35-26-11-10-21(44(4,40)41)16-28(26)42-2/h5,8-11,15-16,19,23,25,29,35-36,39H,12-14,17-18H2,1-4H3/t19?,23-,25-,29?/m1/s1. The van der Waals surface area contributed by atoms with Gasteiger partial charge >= 0.3 is 6.18 Å². The quantitative estimate of drug-likeness (QED) is 0.223. The summed E-state index contributed by atoms with van der Waals surface area (Å²) >= 11 is 0. The van der Waals surface area contributed by atoms with E-state index in [9.17, 15) is 26.7 Å². The number of hydrogen-bond acceptors (Lipinski definition) is 8. The van der Waals surface area contributed by atoms with Gasteiger partial charge in [0.1, 0.15) is 24.7 Å². The third-order valence-electron chi connectivity index (χ3n) is 7.40. The molecule has 0 amide bonds. The molecule has 2 heterocycles. The molecular weight excluding hydrogens is 604 g/mol. The van der Waals surface area contributed by atoms with Crippen molar-refractivity contribution >= 4 is 32.1 Å². The minimum absolute atomic E-state index is 0.0254. The Kier molecular flexibility index (Phi) is 10.3. The number of aliphatic hydroxyl groups is 1. The van der Waals surface area contributed by atoms with E-state index in [1.807, 2.05) is 0 Å². The molecule has 1 aliphatic rings. The van der Waals surface area contributed by atoms with Crippen molar-refractivity contribution in [3.63, 3.8) is 0 Å². The number of alkyl halides is 4. The maximum Gasteiger partial charge on any atom is 0.406 e. The molecule has 1 aliphatic heterocycles. The summed E-state index contributed by atoms with van der Waals surface area (Å²) in [5, 5.41) is 16.6. The fourth-order valence-electron chi connectivity index (χ4n) is 5.36. The van der Waals surface area contributed by atoms with E-state index in [1.165, 1.54) is 32.4 Å². The number of ether oxygens (including phenoxy) is 2. The van der Waals surface area contributed by atoms with Crippen LogP contribution in [0, 0.1) is 11.8 Å². The summed E-state index contributed by atoms with van der Waals surface area (Å²) in [6, 6.07) is 10.1. The summed E-state index contributed by atoms with van der Waals surface area (Å²) < 4.78 is 91.4. The number of nitrogens with one attached hydrogen (secondary N) is 2. The Bertz CT molecular complexity index is 1630. The average Bonchev–Trinajstić information content (AvgIpc) is 3.28. The molecule has 3 aromatic rings. The van der Waals surface area contributed by atoms with Gasteiger partial charge in [0, 0.05) is 43.6 Å². The van der Waals surface area contributed by atoms with Crippen molar-refractivity contribution in [3.05, 3.63) is 48.2 Å². The summed E-state index contributed by atoms with van der Waals surface area (Å²) in [4.78, 5) is 1.81. The summed E-state index contributed by atoms with van der Waals surface area (Å²) in [7, 11) is -0.605. The van der Waals surface area contributed by atoms with E-state index < -0.39 is 47.1 Å². The van der Waals surface area contributed by atoms with Gasteiger partial charge in [-0.25, -0.2) is 12.8 Å². The summed E-state index contributed by atoms with van der Waals surface area (Å²) in [5.41, 5.74) is 1.37. The van der Waals surface area contributed by atoms with Crippen LogP contribution in [-0.4, -0.2) is 93.8 Å². The number of fused-ring (bicyclic) bond motifs is 1. The van der Waals surface area contributed by atoms with Crippen LogP contribution in [0.3, 0.4) is 0 Å². The average molecular weight is 641 g/mol. The molecule has 1 aromatic heterocycles. The van der Waals surface area contributed by atoms with Gasteiger partial charge in [0.25, 0.3) is 0 Å². The van der Waals surface area contributed by atoms with Gasteiger partial charge in [0.15, 0.2) is 9.84 Å². The largest absolute Gasteiger partial charge is 0.495 e. The Hall–Kier alpha value is -3.51. The Balaban J connectivity index is 1.57. The number of nitrogens with zero attached hydrogens (tertiary/aromatic N) is 2. The van der Waals surface area contributed by atoms with E-state index in [0.717, 1.165) is 10.8 Å². The van der Waals surface area contributed by atoms with E-state index in [2.05, 4.69) is 22.5 Å². The molecule has 1 saturated heterocycles. The molecule has 0 spiro atoms. The first-order valence-corrected chi connectivity index (χ1v) is 15.8. The van der Waals surface area contributed by atoms with Crippen LogP contribution < -0.4 is 15.4 Å². The second kappa shape index (κ2) is 13.6. The fourth-order valence-corrected chi connectivity index (χ4v) is 6.00. The van der Waals surface area contributed by atoms with Gasteiger partial charge in [-0.05, 0) is 49.6 Å². The van der Waals surface area contributed by atoms with Crippen molar-refractivity contribution in [2.45, 2.75) is 55.5 Å². The number of aliphatic hydroxyl groups excluding tert-OH is 1. The number of piperidine rings is 1. The molecule has 2 aromatic carbocycles. The van der Waals surface area contributed by atoms with Crippen LogP contribution in [0.5, 0.6) is 5.75 Å². The maximum atomic E-state index is 15.3. The smallest absolute Gasteiger partial charge is 0.406 e. The number of benzene rings is 2. The number of sulfone groups is 1. The summed E-state index contributed by atoms with van der Waals surface area (Å²) in [6.45, 7) is 0.823. The predicted octanol–water partition coefficient (Wildman–Crippen LogP) is 4.26. The third-order valence-corrected chi connectivity index (χ3v) is 8.51. The van der Waals surface area contributed by atoms with Crippen LogP contribution >= 0.6 is 0 Å². The molecule has 14 heteroatoms. The zero-order chi connectivity index (χ0) is 32.2. The molecule has 0 saturated carbocycles. The van der Waals surface area contributed by atoms with Crippen molar-refractivity contribution in [1.82, 2.24) is 9.47 Å². The highest BCUT2D eigenvalue weighted by molar-refractivity contribution is 7.90. The van der Waals surface area contributed by atoms with Gasteiger partial charge < -0.3 is 29.8 Å². The normalized spacial score (nSPS) is 19.2. The van der Waals surface area contributed by atoms with E-state index in [1.54, 1.807) is 36.1 Å². The Morgan fingerprint density at radius 3 is 2.52 bits per heavy atom. The Morgan fingerprint density at radius 2 is 1.91 bits per heavy atom. The molecule has 2 unspecified atom stereocenters. The topological polar surface area (TPSA) is 105 Å². The number of methoxy groups -OCH3 is 2. The monoisotopic (exact) mass is 640 g/mol. The third kappa shape index (κ3) is 7.95. The lowest BCUT2D eigenvalue weighted by Gasteiger charge is -2.40. The van der Waals surface area contributed by atoms with Crippen molar-refractivity contribution in [2.75, 3.05) is 50.7 Å². The molecule has 0 radical (unpaired) electrons. The Morgan fingerprint density at radius 1 is 1.16 bits per heavy atom. The number of halogens is 4. The number of rotatable bonds is 10. The number of anilines is 2. The second-order valence-electron chi connectivity index (χ2n) is 10.7. The highest BCUT2D eigenvalue weighted by atomic mass is 32.2. The number of aromatic nitrogens is 1. The first-order valence-electron chi connectivity index (χ1n) is 13.9. The lowest BCUT2D eigenvalue weighted by molar-refractivity contribution is -0.140. The Labute approximate surface area is 254 Å². The highest BCUT2D eigenvalue weighted by Crippen LogP contribution is 2.32. The molecule has 240 valence electrons. The van der Waals surface area contributed by atoms with E-state index in [0.29, 0.717) is 35.2 Å². The van der Waals surface area contributed by atoms with Gasteiger partial charge in [-0.15, -0.1) is 0 Å². The maximum absolute atomic E-state index is 15.3. The van der Waals surface area contributed by atoms with E-state index >= 15 is 4.39 Å². The molecule has 0 aliphatic carbocycles. The van der Waals surface area contributed by atoms with Crippen LogP contribution in [-0.2, 0) is 21.1 Å². The summed E-state index contributed by atoms with van der Waals surface area (Å²) in [5.74, 6) is 5.92. The zero-order valence-electron chi connectivity index (χ0n) is 24.8. The predicted molar refractivity (Wildman–Crippen MR) is 160 cm³/mol. The van der Waals surface area contributed by atoms with Crippen molar-refractivity contribution < 1.29 is 40.6 Å². The zero-order valence-corrected chi connectivity index (χ0v) is 25.6. The first-order chi connectivity index (χ1) is 20.7. The van der Waals surface area contributed by atoms with Crippen LogP contribution in [0.4, 0.5) is 28.9 Å². The molecule has 0 bridgehead atoms. The van der Waals surface area contributed by atoms with Crippen LogP contribution in [0.1, 0.15) is 19.0 Å². The van der Waals surface area contributed by atoms with Crippen LogP contribution in [0.15, 0.2) is 47.4 Å². The number of hydrogen-bond donors (Lipinski definition) is 3. The highest BCUT2D eigenvalue weighted by Gasteiger charge is 2.35. The molecule has 3 N–H and O–H groups in total. The lowest BCUT2D eigenvalue weighted by atomic mass is 10.0. The van der Waals surface area contributed by atoms with Crippen molar-refractivity contribution in [1.29, 1.82) is 0 Å². The van der Waals surface area contributed by atoms with Gasteiger partial charge in [-0.3, -0.25) is 4.90 Å². The van der Waals surface area contributed by atoms with Gasteiger partial charge in [0.05, 0.1) is 47.6 Å². The molecule has 9 nitrogen and oxygen atoms in total. The van der Waals surface area contributed by atoms with Crippen LogP contribution in [0.25, 0.3) is 10.9 Å². The SMILES string of the molecule is COc1cc(S(C)(=O)=O)ccc1NCC#Cc1cc2c(N[C@@H]3CCN(C(OC)C(C)O)C[C@H]3F)cccc2n1CC(F)(F)F. The van der Waals surface area contributed by atoms with Crippen molar-refractivity contribution in [3.8, 4) is 17.6 Å². The minimum Gasteiger partial charge on any atom is -0.495 e. The van der Waals surface area contributed by atoms with Crippen LogP contribution in [0.2, 0.25) is 0 Å².